The SMILES string of the molecule is COc1ccc2c(-c3ccc(OCCCN4CCCC4)cc3)c(-c3ccccc3)oc2c1. The zero-order chi connectivity index (χ0) is 21.8. The molecule has 0 radical (unpaired) electrons. The first-order valence-corrected chi connectivity index (χ1v) is 11.4. The van der Waals surface area contributed by atoms with E-state index in [4.69, 9.17) is 13.9 Å². The summed E-state index contributed by atoms with van der Waals surface area (Å²) in [7, 11) is 1.67. The summed E-state index contributed by atoms with van der Waals surface area (Å²) >= 11 is 0. The molecule has 0 aliphatic carbocycles. The maximum atomic E-state index is 6.32. The number of nitrogens with zero attached hydrogens (tertiary/aromatic N) is 1. The number of rotatable bonds is 8. The number of likely N-dealkylation sites (tertiary alicyclic amines) is 1. The highest BCUT2D eigenvalue weighted by atomic mass is 16.5. The van der Waals surface area contributed by atoms with Crippen molar-refractivity contribution in [3.8, 4) is 33.9 Å². The van der Waals surface area contributed by atoms with Gasteiger partial charge in [0.25, 0.3) is 0 Å². The monoisotopic (exact) mass is 427 g/mol. The van der Waals surface area contributed by atoms with E-state index in [-0.39, 0.29) is 0 Å². The van der Waals surface area contributed by atoms with E-state index in [2.05, 4.69) is 47.4 Å². The van der Waals surface area contributed by atoms with Crippen LogP contribution in [0.1, 0.15) is 19.3 Å². The Balaban J connectivity index is 1.39. The molecule has 4 nitrogen and oxygen atoms in total. The van der Waals surface area contributed by atoms with Gasteiger partial charge in [-0.05, 0) is 62.2 Å². The van der Waals surface area contributed by atoms with Crippen LogP contribution in [0.4, 0.5) is 0 Å². The number of fused-ring (bicyclic) bond motifs is 1. The van der Waals surface area contributed by atoms with Crippen LogP contribution in [0.15, 0.2) is 77.2 Å². The molecule has 5 rings (SSSR count). The molecule has 1 aliphatic rings. The van der Waals surface area contributed by atoms with Gasteiger partial charge in [-0.2, -0.15) is 0 Å². The number of ether oxygens (including phenoxy) is 2. The second-order valence-corrected chi connectivity index (χ2v) is 8.31. The lowest BCUT2D eigenvalue weighted by Gasteiger charge is -2.14. The molecule has 2 heterocycles. The van der Waals surface area contributed by atoms with E-state index in [0.717, 1.165) is 64.5 Å². The first-order chi connectivity index (χ1) is 15.8. The topological polar surface area (TPSA) is 34.8 Å². The zero-order valence-electron chi connectivity index (χ0n) is 18.5. The highest BCUT2D eigenvalue weighted by Crippen LogP contribution is 2.42. The summed E-state index contributed by atoms with van der Waals surface area (Å²) in [6.45, 7) is 4.36. The fourth-order valence-electron chi connectivity index (χ4n) is 4.49. The normalized spacial score (nSPS) is 14.2. The van der Waals surface area contributed by atoms with Gasteiger partial charge in [-0.1, -0.05) is 42.5 Å². The quantitative estimate of drug-likeness (QED) is 0.295. The molecular formula is C28H29NO3. The Labute approximate surface area is 189 Å². The van der Waals surface area contributed by atoms with E-state index in [1.807, 2.05) is 30.3 Å². The summed E-state index contributed by atoms with van der Waals surface area (Å²) < 4.78 is 17.7. The summed E-state index contributed by atoms with van der Waals surface area (Å²) in [6.07, 6.45) is 3.74. The molecule has 32 heavy (non-hydrogen) atoms. The number of methoxy groups -OCH3 is 1. The Morgan fingerprint density at radius 2 is 1.59 bits per heavy atom. The summed E-state index contributed by atoms with van der Waals surface area (Å²) in [6, 6.07) is 24.6. The average Bonchev–Trinajstić information content (AvgIpc) is 3.50. The molecule has 0 spiro atoms. The molecule has 3 aromatic carbocycles. The van der Waals surface area contributed by atoms with Crippen LogP contribution in [-0.2, 0) is 0 Å². The van der Waals surface area contributed by atoms with Gasteiger partial charge in [-0.3, -0.25) is 0 Å². The van der Waals surface area contributed by atoms with Crippen LogP contribution < -0.4 is 9.47 Å². The Morgan fingerprint density at radius 1 is 0.844 bits per heavy atom. The average molecular weight is 428 g/mol. The summed E-state index contributed by atoms with van der Waals surface area (Å²) in [5, 5.41) is 1.07. The maximum absolute atomic E-state index is 6.32. The molecule has 164 valence electrons. The molecule has 0 atom stereocenters. The van der Waals surface area contributed by atoms with Crippen molar-refractivity contribution < 1.29 is 13.9 Å². The van der Waals surface area contributed by atoms with Gasteiger partial charge in [0.2, 0.25) is 0 Å². The van der Waals surface area contributed by atoms with Crippen LogP contribution in [-0.4, -0.2) is 38.3 Å². The predicted molar refractivity (Wildman–Crippen MR) is 129 cm³/mol. The van der Waals surface area contributed by atoms with Gasteiger partial charge in [0.1, 0.15) is 22.8 Å². The molecule has 4 aromatic rings. The molecule has 0 saturated carbocycles. The van der Waals surface area contributed by atoms with E-state index in [0.29, 0.717) is 0 Å². The van der Waals surface area contributed by atoms with Crippen LogP contribution in [0, 0.1) is 0 Å². The summed E-state index contributed by atoms with van der Waals surface area (Å²) in [5.74, 6) is 2.56. The van der Waals surface area contributed by atoms with Gasteiger partial charge in [-0.25, -0.2) is 0 Å². The van der Waals surface area contributed by atoms with E-state index < -0.39 is 0 Å². The third kappa shape index (κ3) is 4.37. The van der Waals surface area contributed by atoms with Crippen molar-refractivity contribution in [2.75, 3.05) is 33.4 Å². The number of benzene rings is 3. The maximum Gasteiger partial charge on any atom is 0.143 e. The standard InChI is InChI=1S/C28H29NO3/c1-30-24-14-15-25-26(20-24)32-28(22-8-3-2-4-9-22)27(25)21-10-12-23(13-11-21)31-19-7-18-29-16-5-6-17-29/h2-4,8-15,20H,5-7,16-19H2,1H3. The van der Waals surface area contributed by atoms with Crippen LogP contribution in [0.25, 0.3) is 33.4 Å². The van der Waals surface area contributed by atoms with Crippen molar-refractivity contribution in [2.45, 2.75) is 19.3 Å². The van der Waals surface area contributed by atoms with Crippen molar-refractivity contribution in [1.29, 1.82) is 0 Å². The molecular weight excluding hydrogens is 398 g/mol. The van der Waals surface area contributed by atoms with Gasteiger partial charge in [-0.15, -0.1) is 0 Å². The lowest BCUT2D eigenvalue weighted by atomic mass is 9.98. The minimum absolute atomic E-state index is 0.750. The first kappa shape index (κ1) is 20.7. The van der Waals surface area contributed by atoms with Gasteiger partial charge >= 0.3 is 0 Å². The van der Waals surface area contributed by atoms with Crippen molar-refractivity contribution in [1.82, 2.24) is 4.90 Å². The fourth-order valence-corrected chi connectivity index (χ4v) is 4.49. The predicted octanol–water partition coefficient (Wildman–Crippen LogP) is 6.64. The highest BCUT2D eigenvalue weighted by molar-refractivity contribution is 6.02. The van der Waals surface area contributed by atoms with Crippen molar-refractivity contribution in [3.63, 3.8) is 0 Å². The second-order valence-electron chi connectivity index (χ2n) is 8.31. The van der Waals surface area contributed by atoms with Crippen molar-refractivity contribution in [3.05, 3.63) is 72.8 Å². The molecule has 4 heteroatoms. The Bertz CT molecular complexity index is 1160. The van der Waals surface area contributed by atoms with Gasteiger partial charge in [0.05, 0.1) is 13.7 Å². The number of hydrogen-bond donors (Lipinski definition) is 0. The lowest BCUT2D eigenvalue weighted by molar-refractivity contribution is 0.263. The van der Waals surface area contributed by atoms with Crippen LogP contribution in [0.3, 0.4) is 0 Å². The third-order valence-electron chi connectivity index (χ3n) is 6.16. The van der Waals surface area contributed by atoms with E-state index >= 15 is 0 Å². The van der Waals surface area contributed by atoms with Gasteiger partial charge in [0, 0.05) is 29.1 Å². The highest BCUT2D eigenvalue weighted by Gasteiger charge is 2.18. The van der Waals surface area contributed by atoms with Crippen LogP contribution in [0.2, 0.25) is 0 Å². The molecule has 1 aliphatic heterocycles. The summed E-state index contributed by atoms with van der Waals surface area (Å²) in [5.41, 5.74) is 4.08. The van der Waals surface area contributed by atoms with Crippen molar-refractivity contribution >= 4 is 11.0 Å². The van der Waals surface area contributed by atoms with Gasteiger partial charge in [0.15, 0.2) is 0 Å². The molecule has 1 fully saturated rings. The molecule has 1 aromatic heterocycles. The number of hydrogen-bond acceptors (Lipinski definition) is 4. The molecule has 0 unspecified atom stereocenters. The Morgan fingerprint density at radius 3 is 2.34 bits per heavy atom. The van der Waals surface area contributed by atoms with Gasteiger partial charge < -0.3 is 18.8 Å². The minimum Gasteiger partial charge on any atom is -0.497 e. The number of furan rings is 1. The molecule has 1 saturated heterocycles. The smallest absolute Gasteiger partial charge is 0.143 e. The lowest BCUT2D eigenvalue weighted by Crippen LogP contribution is -2.21. The fraction of sp³-hybridized carbons (Fsp3) is 0.286. The second kappa shape index (κ2) is 9.49. The largest absolute Gasteiger partial charge is 0.497 e. The van der Waals surface area contributed by atoms with E-state index in [1.54, 1.807) is 7.11 Å². The Hall–Kier alpha value is -3.24. The molecule has 0 N–H and O–H groups in total. The molecule has 0 amide bonds. The van der Waals surface area contributed by atoms with Crippen molar-refractivity contribution in [2.24, 2.45) is 0 Å². The van der Waals surface area contributed by atoms with Crippen LogP contribution in [0.5, 0.6) is 11.5 Å². The Kier molecular flexibility index (Phi) is 6.13. The minimum atomic E-state index is 0.750. The summed E-state index contributed by atoms with van der Waals surface area (Å²) in [4.78, 5) is 2.52. The van der Waals surface area contributed by atoms with E-state index in [1.165, 1.54) is 25.9 Å². The first-order valence-electron chi connectivity index (χ1n) is 11.4. The third-order valence-corrected chi connectivity index (χ3v) is 6.16. The zero-order valence-corrected chi connectivity index (χ0v) is 18.5. The molecule has 0 bridgehead atoms. The van der Waals surface area contributed by atoms with Crippen LogP contribution >= 0.6 is 0 Å². The van der Waals surface area contributed by atoms with E-state index in [9.17, 15) is 0 Å².